The van der Waals surface area contributed by atoms with Gasteiger partial charge in [0.1, 0.15) is 0 Å². The van der Waals surface area contributed by atoms with Crippen LogP contribution in [-0.4, -0.2) is 16.4 Å². The van der Waals surface area contributed by atoms with E-state index >= 15 is 0 Å². The molecule has 0 unspecified atom stereocenters. The van der Waals surface area contributed by atoms with Crippen molar-refractivity contribution in [2.75, 3.05) is 6.26 Å². The van der Waals surface area contributed by atoms with Crippen LogP contribution >= 0.6 is 23.4 Å². The highest BCUT2D eigenvalue weighted by Crippen LogP contribution is 2.23. The maximum Gasteiger partial charge on any atom is 0.236 e. The first-order valence-corrected chi connectivity index (χ1v) is 8.29. The molecule has 0 fully saturated rings. The van der Waals surface area contributed by atoms with Crippen LogP contribution in [0.2, 0.25) is 5.02 Å². The number of nitrogens with zero attached hydrogens (tertiary/aromatic N) is 2. The summed E-state index contributed by atoms with van der Waals surface area (Å²) in [5.41, 5.74) is 1.92. The quantitative estimate of drug-likeness (QED) is 0.778. The van der Waals surface area contributed by atoms with Gasteiger partial charge in [-0.05, 0) is 30.7 Å². The average Bonchev–Trinajstić information content (AvgIpc) is 2.81. The second kappa shape index (κ2) is 8.32. The topological polar surface area (TPSA) is 38.9 Å². The van der Waals surface area contributed by atoms with Crippen molar-refractivity contribution in [3.05, 3.63) is 34.7 Å². The van der Waals surface area contributed by atoms with E-state index in [1.807, 2.05) is 31.4 Å². The highest BCUT2D eigenvalue weighted by molar-refractivity contribution is 7.97. The van der Waals surface area contributed by atoms with E-state index in [-0.39, 0.29) is 0 Å². The molecule has 0 atom stereocenters. The molecule has 2 aromatic rings. The third-order valence-corrected chi connectivity index (χ3v) is 3.11. The molecule has 1 aromatic carbocycles. The molecular formula is C15H21ClN2OS. The fourth-order valence-electron chi connectivity index (χ4n) is 1.29. The number of thioether (sulfide) groups is 1. The number of hydrogen-bond donors (Lipinski definition) is 0. The second-order valence-electron chi connectivity index (χ2n) is 5.14. The van der Waals surface area contributed by atoms with Crippen LogP contribution in [0, 0.1) is 12.8 Å². The van der Waals surface area contributed by atoms with E-state index in [0.717, 1.165) is 22.8 Å². The van der Waals surface area contributed by atoms with Crippen LogP contribution in [0.3, 0.4) is 0 Å². The van der Waals surface area contributed by atoms with Crippen molar-refractivity contribution in [1.82, 2.24) is 10.1 Å². The normalized spacial score (nSPS) is 10.3. The molecule has 2 rings (SSSR count). The zero-order valence-electron chi connectivity index (χ0n) is 12.6. The summed E-state index contributed by atoms with van der Waals surface area (Å²) in [6.07, 6.45) is 1.99. The smallest absolute Gasteiger partial charge is 0.236 e. The molecule has 20 heavy (non-hydrogen) atoms. The lowest BCUT2D eigenvalue weighted by Gasteiger charge is -1.98. The van der Waals surface area contributed by atoms with Gasteiger partial charge in [0.25, 0.3) is 0 Å². The molecule has 0 spiro atoms. The van der Waals surface area contributed by atoms with Gasteiger partial charge in [0.05, 0.1) is 5.75 Å². The Morgan fingerprint density at radius 1 is 1.30 bits per heavy atom. The highest BCUT2D eigenvalue weighted by atomic mass is 35.5. The number of halogens is 1. The van der Waals surface area contributed by atoms with Gasteiger partial charge in [-0.1, -0.05) is 49.7 Å². The number of aromatic nitrogens is 2. The van der Waals surface area contributed by atoms with Crippen molar-refractivity contribution < 1.29 is 4.52 Å². The van der Waals surface area contributed by atoms with E-state index < -0.39 is 0 Å². The Labute approximate surface area is 130 Å². The van der Waals surface area contributed by atoms with E-state index in [0.29, 0.717) is 16.7 Å². The van der Waals surface area contributed by atoms with Crippen LogP contribution < -0.4 is 0 Å². The zero-order valence-corrected chi connectivity index (χ0v) is 14.2. The van der Waals surface area contributed by atoms with Gasteiger partial charge in [0, 0.05) is 10.6 Å². The van der Waals surface area contributed by atoms with Crippen molar-refractivity contribution in [2.24, 2.45) is 5.92 Å². The fraction of sp³-hybridized carbons (Fsp3) is 0.467. The third kappa shape index (κ3) is 5.55. The summed E-state index contributed by atoms with van der Waals surface area (Å²) in [4.78, 5) is 4.28. The number of benzene rings is 1. The molecule has 1 heterocycles. The molecule has 110 valence electrons. The molecule has 0 aliphatic rings. The van der Waals surface area contributed by atoms with Crippen LogP contribution in [0.4, 0.5) is 0 Å². The predicted octanol–water partition coefficient (Wildman–Crippen LogP) is 5.22. The molecule has 0 aliphatic carbocycles. The zero-order chi connectivity index (χ0) is 15.1. The van der Waals surface area contributed by atoms with Gasteiger partial charge in [-0.25, -0.2) is 0 Å². The highest BCUT2D eigenvalue weighted by Gasteiger charge is 2.08. The Kier molecular flexibility index (Phi) is 7.10. The molecule has 3 nitrogen and oxygen atoms in total. The van der Waals surface area contributed by atoms with Crippen molar-refractivity contribution in [2.45, 2.75) is 33.4 Å². The van der Waals surface area contributed by atoms with E-state index in [1.54, 1.807) is 11.8 Å². The van der Waals surface area contributed by atoms with Gasteiger partial charge in [0.2, 0.25) is 11.7 Å². The lowest BCUT2D eigenvalue weighted by molar-refractivity contribution is 0.392. The Hall–Kier alpha value is -1.00. The molecule has 0 amide bonds. The molecule has 5 heteroatoms. The van der Waals surface area contributed by atoms with E-state index in [2.05, 4.69) is 30.9 Å². The maximum atomic E-state index is 6.04. The summed E-state index contributed by atoms with van der Waals surface area (Å²) in [6.45, 7) is 8.46. The summed E-state index contributed by atoms with van der Waals surface area (Å²) in [7, 11) is 0. The van der Waals surface area contributed by atoms with Gasteiger partial charge in [-0.3, -0.25) is 0 Å². The molecule has 0 aliphatic heterocycles. The lowest BCUT2D eigenvalue weighted by atomic mass is 10.1. The standard InChI is InChI=1S/C11H11ClN2OS.C4H10/c1-7-3-4-8(5-9(7)12)11-13-10(6-16-2)15-14-11;1-4(2)3/h3-5H,6H2,1-2H3;4H,1-3H3. The first-order valence-electron chi connectivity index (χ1n) is 6.52. The summed E-state index contributed by atoms with van der Waals surface area (Å²) in [5, 5.41) is 4.63. The summed E-state index contributed by atoms with van der Waals surface area (Å²) in [5.74, 6) is 2.79. The van der Waals surface area contributed by atoms with E-state index in [1.165, 1.54) is 0 Å². The molecule has 0 saturated carbocycles. The average molecular weight is 313 g/mol. The minimum atomic E-state index is 0.589. The lowest BCUT2D eigenvalue weighted by Crippen LogP contribution is -1.83. The summed E-state index contributed by atoms with van der Waals surface area (Å²) >= 11 is 7.69. The molecule has 0 bridgehead atoms. The minimum Gasteiger partial charge on any atom is -0.338 e. The molecule has 1 aromatic heterocycles. The number of rotatable bonds is 3. The molecule has 0 N–H and O–H groups in total. The first-order chi connectivity index (χ1) is 9.43. The first kappa shape index (κ1) is 17.1. The maximum absolute atomic E-state index is 6.04. The van der Waals surface area contributed by atoms with Crippen LogP contribution in [0.5, 0.6) is 0 Å². The molecule has 0 saturated heterocycles. The predicted molar refractivity (Wildman–Crippen MR) is 87.2 cm³/mol. The SMILES string of the molecule is CC(C)C.CSCc1nc(-c2ccc(C)c(Cl)c2)no1. The van der Waals surface area contributed by atoms with Gasteiger partial charge >= 0.3 is 0 Å². The van der Waals surface area contributed by atoms with Crippen molar-refractivity contribution >= 4 is 23.4 Å². The van der Waals surface area contributed by atoms with E-state index in [4.69, 9.17) is 16.1 Å². The van der Waals surface area contributed by atoms with Gasteiger partial charge in [-0.15, -0.1) is 0 Å². The van der Waals surface area contributed by atoms with E-state index in [9.17, 15) is 0 Å². The largest absolute Gasteiger partial charge is 0.338 e. The van der Waals surface area contributed by atoms with Gasteiger partial charge in [-0.2, -0.15) is 16.7 Å². The molecular weight excluding hydrogens is 292 g/mol. The second-order valence-corrected chi connectivity index (χ2v) is 6.41. The molecule has 0 radical (unpaired) electrons. The van der Waals surface area contributed by atoms with Crippen LogP contribution in [0.1, 0.15) is 32.2 Å². The number of aryl methyl sites for hydroxylation is 1. The van der Waals surface area contributed by atoms with Gasteiger partial charge in [0.15, 0.2) is 0 Å². The Bertz CT molecular complexity index is 538. The van der Waals surface area contributed by atoms with Crippen molar-refractivity contribution in [3.8, 4) is 11.4 Å². The van der Waals surface area contributed by atoms with Crippen molar-refractivity contribution in [3.63, 3.8) is 0 Å². The van der Waals surface area contributed by atoms with Crippen LogP contribution in [0.25, 0.3) is 11.4 Å². The Morgan fingerprint density at radius 2 is 1.95 bits per heavy atom. The Balaban J connectivity index is 0.000000444. The van der Waals surface area contributed by atoms with Crippen LogP contribution in [-0.2, 0) is 5.75 Å². The Morgan fingerprint density at radius 3 is 2.50 bits per heavy atom. The van der Waals surface area contributed by atoms with Crippen molar-refractivity contribution in [1.29, 1.82) is 0 Å². The third-order valence-electron chi connectivity index (χ3n) is 2.17. The monoisotopic (exact) mass is 312 g/mol. The summed E-state index contributed by atoms with van der Waals surface area (Å²) in [6, 6.07) is 5.74. The van der Waals surface area contributed by atoms with Crippen LogP contribution in [0.15, 0.2) is 22.7 Å². The summed E-state index contributed by atoms with van der Waals surface area (Å²) < 4.78 is 5.10. The number of hydrogen-bond acceptors (Lipinski definition) is 4. The minimum absolute atomic E-state index is 0.589. The van der Waals surface area contributed by atoms with Gasteiger partial charge < -0.3 is 4.52 Å². The fourth-order valence-corrected chi connectivity index (χ4v) is 1.83.